The molecule has 1 aromatic heterocycles. The van der Waals surface area contributed by atoms with Gasteiger partial charge in [-0.3, -0.25) is 4.79 Å². The maximum Gasteiger partial charge on any atom is 0.255 e. The molecule has 0 radical (unpaired) electrons. The van der Waals surface area contributed by atoms with Crippen molar-refractivity contribution in [2.75, 3.05) is 5.32 Å². The van der Waals surface area contributed by atoms with E-state index in [-0.39, 0.29) is 5.91 Å². The molecule has 6 aromatic rings. The van der Waals surface area contributed by atoms with Crippen LogP contribution < -0.4 is 5.32 Å². The number of carbonyl (C=O) groups is 1. The van der Waals surface area contributed by atoms with Crippen LogP contribution in [0.5, 0.6) is 0 Å². The maximum absolute atomic E-state index is 12.9. The Morgan fingerprint density at radius 3 is 2.17 bits per heavy atom. The Bertz CT molecular complexity index is 1690. The lowest BCUT2D eigenvalue weighted by Crippen LogP contribution is -2.12. The minimum atomic E-state index is -0.135. The van der Waals surface area contributed by atoms with Crippen LogP contribution in [0.4, 0.5) is 5.69 Å². The van der Waals surface area contributed by atoms with E-state index in [1.165, 1.54) is 16.3 Å². The van der Waals surface area contributed by atoms with Crippen molar-refractivity contribution in [3.8, 4) is 16.8 Å². The van der Waals surface area contributed by atoms with Crippen molar-refractivity contribution in [2.24, 2.45) is 0 Å². The van der Waals surface area contributed by atoms with Gasteiger partial charge in [-0.2, -0.15) is 0 Å². The third-order valence-corrected chi connectivity index (χ3v) is 6.81. The van der Waals surface area contributed by atoms with Crippen molar-refractivity contribution in [3.63, 3.8) is 0 Å². The van der Waals surface area contributed by atoms with Gasteiger partial charge in [0.15, 0.2) is 0 Å². The molecule has 35 heavy (non-hydrogen) atoms. The second-order valence-corrected chi connectivity index (χ2v) is 9.34. The molecule has 0 saturated heterocycles. The highest BCUT2D eigenvalue weighted by molar-refractivity contribution is 9.10. The summed E-state index contributed by atoms with van der Waals surface area (Å²) in [6.45, 7) is 0. The number of fused-ring (bicyclic) bond motifs is 3. The van der Waals surface area contributed by atoms with Crippen molar-refractivity contribution < 1.29 is 4.79 Å². The Morgan fingerprint density at radius 1 is 0.657 bits per heavy atom. The van der Waals surface area contributed by atoms with Crippen LogP contribution in [0.2, 0.25) is 0 Å². The predicted octanol–water partition coefficient (Wildman–Crippen LogP) is 8.47. The zero-order valence-corrected chi connectivity index (χ0v) is 20.4. The summed E-state index contributed by atoms with van der Waals surface area (Å²) in [7, 11) is 0. The van der Waals surface area contributed by atoms with Crippen LogP contribution in [0.25, 0.3) is 38.6 Å². The number of hydrogen-bond donors (Lipinski definition) is 1. The van der Waals surface area contributed by atoms with Crippen molar-refractivity contribution >= 4 is 49.3 Å². The average molecular weight is 517 g/mol. The number of amides is 1. The highest BCUT2D eigenvalue weighted by Crippen LogP contribution is 2.36. The largest absolute Gasteiger partial charge is 0.321 e. The first kappa shape index (κ1) is 21.4. The van der Waals surface area contributed by atoms with E-state index in [0.29, 0.717) is 5.56 Å². The summed E-state index contributed by atoms with van der Waals surface area (Å²) in [6, 6.07) is 40.7. The predicted molar refractivity (Wildman–Crippen MR) is 148 cm³/mol. The Balaban J connectivity index is 1.49. The molecule has 0 atom stereocenters. The lowest BCUT2D eigenvalue weighted by Gasteiger charge is -2.13. The van der Waals surface area contributed by atoms with Gasteiger partial charge >= 0.3 is 0 Å². The summed E-state index contributed by atoms with van der Waals surface area (Å²) in [6.07, 6.45) is 0. The summed E-state index contributed by atoms with van der Waals surface area (Å²) in [4.78, 5) is 12.9. The van der Waals surface area contributed by atoms with Crippen molar-refractivity contribution in [1.29, 1.82) is 0 Å². The van der Waals surface area contributed by atoms with E-state index in [1.54, 1.807) is 0 Å². The maximum atomic E-state index is 12.9. The van der Waals surface area contributed by atoms with Gasteiger partial charge in [0, 0.05) is 37.7 Å². The molecule has 168 valence electrons. The van der Waals surface area contributed by atoms with Gasteiger partial charge in [0.2, 0.25) is 0 Å². The normalized spacial score (nSPS) is 11.1. The van der Waals surface area contributed by atoms with Crippen LogP contribution >= 0.6 is 15.9 Å². The number of rotatable bonds is 4. The second-order valence-electron chi connectivity index (χ2n) is 8.43. The van der Waals surface area contributed by atoms with Gasteiger partial charge in [0.25, 0.3) is 5.91 Å². The Kier molecular flexibility index (Phi) is 5.44. The van der Waals surface area contributed by atoms with Crippen LogP contribution in [-0.4, -0.2) is 10.5 Å². The molecule has 1 N–H and O–H groups in total. The first-order chi connectivity index (χ1) is 17.2. The molecular weight excluding hydrogens is 496 g/mol. The summed E-state index contributed by atoms with van der Waals surface area (Å²) >= 11 is 3.42. The molecule has 0 fully saturated rings. The molecule has 0 spiro atoms. The number of anilines is 1. The van der Waals surface area contributed by atoms with Gasteiger partial charge in [-0.15, -0.1) is 0 Å². The van der Waals surface area contributed by atoms with Gasteiger partial charge in [-0.25, -0.2) is 0 Å². The fourth-order valence-electron chi connectivity index (χ4n) is 4.63. The zero-order valence-electron chi connectivity index (χ0n) is 18.8. The Labute approximate surface area is 211 Å². The molecule has 0 unspecified atom stereocenters. The van der Waals surface area contributed by atoms with E-state index in [4.69, 9.17) is 0 Å². The molecule has 4 heteroatoms. The quantitative estimate of drug-likeness (QED) is 0.250. The van der Waals surface area contributed by atoms with Gasteiger partial charge in [-0.05, 0) is 60.2 Å². The third-order valence-electron chi connectivity index (χ3n) is 6.28. The van der Waals surface area contributed by atoms with E-state index in [9.17, 15) is 4.79 Å². The Hall–Kier alpha value is -4.15. The molecule has 0 bridgehead atoms. The van der Waals surface area contributed by atoms with Crippen LogP contribution in [0.1, 0.15) is 10.4 Å². The highest BCUT2D eigenvalue weighted by Gasteiger charge is 2.15. The number of carbonyl (C=O) groups excluding carboxylic acids is 1. The molecule has 6 rings (SSSR count). The average Bonchev–Trinajstić information content (AvgIpc) is 3.23. The molecule has 1 amide bonds. The minimum absolute atomic E-state index is 0.135. The third kappa shape index (κ3) is 3.92. The van der Waals surface area contributed by atoms with E-state index in [0.717, 1.165) is 32.5 Å². The summed E-state index contributed by atoms with van der Waals surface area (Å²) in [5.74, 6) is -0.135. The monoisotopic (exact) mass is 516 g/mol. The molecule has 0 aliphatic rings. The van der Waals surface area contributed by atoms with Crippen molar-refractivity contribution in [3.05, 3.63) is 131 Å². The fourth-order valence-corrected chi connectivity index (χ4v) is 4.90. The molecule has 3 nitrogen and oxygen atoms in total. The van der Waals surface area contributed by atoms with E-state index in [1.807, 2.05) is 54.6 Å². The number of benzene rings is 5. The lowest BCUT2D eigenvalue weighted by atomic mass is 10.0. The van der Waals surface area contributed by atoms with Crippen LogP contribution in [0.15, 0.2) is 126 Å². The van der Waals surface area contributed by atoms with Crippen LogP contribution in [0.3, 0.4) is 0 Å². The van der Waals surface area contributed by atoms with Gasteiger partial charge in [-0.1, -0.05) is 82.7 Å². The second kappa shape index (κ2) is 8.90. The molecule has 5 aromatic carbocycles. The first-order valence-corrected chi connectivity index (χ1v) is 12.2. The highest BCUT2D eigenvalue weighted by atomic mass is 79.9. The topological polar surface area (TPSA) is 34.0 Å². The standard InChI is InChI=1S/C31H21BrN2O/c32-23-17-14-21(15-18-23)31(35)33-28-12-6-4-10-25(28)22-16-19-27-26-11-5-7-13-29(26)34(30(27)20-22)24-8-2-1-3-9-24/h1-20H,(H,33,35). The number of para-hydroxylation sites is 3. The summed E-state index contributed by atoms with van der Waals surface area (Å²) in [5.41, 5.74) is 6.83. The summed E-state index contributed by atoms with van der Waals surface area (Å²) < 4.78 is 3.24. The van der Waals surface area contributed by atoms with Gasteiger partial charge < -0.3 is 9.88 Å². The molecular formula is C31H21BrN2O. The first-order valence-electron chi connectivity index (χ1n) is 11.4. The number of nitrogens with one attached hydrogen (secondary N) is 1. The van der Waals surface area contributed by atoms with E-state index < -0.39 is 0 Å². The smallest absolute Gasteiger partial charge is 0.255 e. The van der Waals surface area contributed by atoms with Crippen LogP contribution in [0, 0.1) is 0 Å². The molecule has 1 heterocycles. The van der Waals surface area contributed by atoms with Crippen molar-refractivity contribution in [1.82, 2.24) is 4.57 Å². The van der Waals surface area contributed by atoms with Gasteiger partial charge in [0.1, 0.15) is 0 Å². The lowest BCUT2D eigenvalue weighted by molar-refractivity contribution is 0.102. The van der Waals surface area contributed by atoms with E-state index in [2.05, 4.69) is 92.5 Å². The van der Waals surface area contributed by atoms with Crippen molar-refractivity contribution in [2.45, 2.75) is 0 Å². The molecule has 0 saturated carbocycles. The molecule has 0 aliphatic carbocycles. The number of hydrogen-bond acceptors (Lipinski definition) is 1. The fraction of sp³-hybridized carbons (Fsp3) is 0. The number of nitrogens with zero attached hydrogens (tertiary/aromatic N) is 1. The molecule has 0 aliphatic heterocycles. The SMILES string of the molecule is O=C(Nc1ccccc1-c1ccc2c3ccccc3n(-c3ccccc3)c2c1)c1ccc(Br)cc1. The summed E-state index contributed by atoms with van der Waals surface area (Å²) in [5, 5.41) is 5.52. The Morgan fingerprint density at radius 2 is 1.34 bits per heavy atom. The van der Waals surface area contributed by atoms with Gasteiger partial charge in [0.05, 0.1) is 11.0 Å². The number of halogens is 1. The minimum Gasteiger partial charge on any atom is -0.321 e. The van der Waals surface area contributed by atoms with Crippen LogP contribution in [-0.2, 0) is 0 Å². The van der Waals surface area contributed by atoms with E-state index >= 15 is 0 Å². The number of aromatic nitrogens is 1. The zero-order chi connectivity index (χ0) is 23.8.